The molecule has 0 fully saturated rings. The van der Waals surface area contributed by atoms with Gasteiger partial charge in [-0.15, -0.1) is 0 Å². The molecule has 6 heteroatoms. The highest BCUT2D eigenvalue weighted by molar-refractivity contribution is 5.92. The molecule has 0 heterocycles. The highest BCUT2D eigenvalue weighted by Gasteiger charge is 2.25. The van der Waals surface area contributed by atoms with Gasteiger partial charge in [0.25, 0.3) is 0 Å². The Balaban J connectivity index is 2.71. The van der Waals surface area contributed by atoms with E-state index in [9.17, 15) is 9.59 Å². The number of nitrogens with zero attached hydrogens (tertiary/aromatic N) is 1. The summed E-state index contributed by atoms with van der Waals surface area (Å²) in [5, 5.41) is 22.8. The number of carboxylic acids is 1. The highest BCUT2D eigenvalue weighted by atomic mass is 16.4. The van der Waals surface area contributed by atoms with E-state index < -0.39 is 18.0 Å². The van der Waals surface area contributed by atoms with E-state index in [0.717, 1.165) is 0 Å². The lowest BCUT2D eigenvalue weighted by molar-refractivity contribution is -0.140. The van der Waals surface area contributed by atoms with Crippen LogP contribution in [0.1, 0.15) is 25.8 Å². The van der Waals surface area contributed by atoms with E-state index in [-0.39, 0.29) is 5.92 Å². The van der Waals surface area contributed by atoms with Gasteiger partial charge in [0.1, 0.15) is 6.04 Å². The SMILES string of the molecule is CC[C@H](C)[C@H](NC(=O)Nc1cccc(C#N)c1)C(=O)O. The van der Waals surface area contributed by atoms with Crippen LogP contribution in [-0.4, -0.2) is 23.1 Å². The first-order valence-corrected chi connectivity index (χ1v) is 6.28. The van der Waals surface area contributed by atoms with Crippen molar-refractivity contribution in [2.24, 2.45) is 5.92 Å². The molecule has 106 valence electrons. The smallest absolute Gasteiger partial charge is 0.326 e. The minimum atomic E-state index is -1.07. The van der Waals surface area contributed by atoms with E-state index in [1.54, 1.807) is 25.1 Å². The second-order valence-corrected chi connectivity index (χ2v) is 4.49. The van der Waals surface area contributed by atoms with E-state index in [0.29, 0.717) is 17.7 Å². The summed E-state index contributed by atoms with van der Waals surface area (Å²) in [6.45, 7) is 3.62. The number of urea groups is 1. The first-order valence-electron chi connectivity index (χ1n) is 6.28. The summed E-state index contributed by atoms with van der Waals surface area (Å²) in [6, 6.07) is 6.80. The van der Waals surface area contributed by atoms with Gasteiger partial charge >= 0.3 is 12.0 Å². The molecule has 0 radical (unpaired) electrons. The van der Waals surface area contributed by atoms with Crippen molar-refractivity contribution < 1.29 is 14.7 Å². The molecular weight excluding hydrogens is 258 g/mol. The number of anilines is 1. The maximum atomic E-state index is 11.8. The van der Waals surface area contributed by atoms with Gasteiger partial charge in [-0.25, -0.2) is 9.59 Å². The first-order chi connectivity index (χ1) is 9.47. The molecule has 0 unspecified atom stereocenters. The zero-order chi connectivity index (χ0) is 15.1. The minimum absolute atomic E-state index is 0.177. The van der Waals surface area contributed by atoms with Gasteiger partial charge < -0.3 is 15.7 Å². The molecule has 20 heavy (non-hydrogen) atoms. The van der Waals surface area contributed by atoms with Gasteiger partial charge in [-0.1, -0.05) is 26.3 Å². The zero-order valence-corrected chi connectivity index (χ0v) is 11.4. The summed E-state index contributed by atoms with van der Waals surface area (Å²) in [7, 11) is 0. The van der Waals surface area contributed by atoms with Crippen molar-refractivity contribution >= 4 is 17.7 Å². The third-order valence-electron chi connectivity index (χ3n) is 3.02. The molecule has 0 saturated heterocycles. The summed E-state index contributed by atoms with van der Waals surface area (Å²) in [6.07, 6.45) is 0.640. The average molecular weight is 275 g/mol. The fourth-order valence-electron chi connectivity index (χ4n) is 1.66. The Morgan fingerprint density at radius 1 is 1.45 bits per heavy atom. The monoisotopic (exact) mass is 275 g/mol. The van der Waals surface area contributed by atoms with E-state index in [1.165, 1.54) is 6.07 Å². The van der Waals surface area contributed by atoms with Crippen LogP contribution in [0.15, 0.2) is 24.3 Å². The standard InChI is InChI=1S/C14H17N3O3/c1-3-9(2)12(13(18)19)17-14(20)16-11-6-4-5-10(7-11)8-15/h4-7,9,12H,3H2,1-2H3,(H,18,19)(H2,16,17,20)/t9-,12-/m0/s1. The number of nitriles is 1. The van der Waals surface area contributed by atoms with Crippen LogP contribution in [0.3, 0.4) is 0 Å². The van der Waals surface area contributed by atoms with Crippen LogP contribution in [0.25, 0.3) is 0 Å². The summed E-state index contributed by atoms with van der Waals surface area (Å²) in [4.78, 5) is 22.9. The maximum Gasteiger partial charge on any atom is 0.326 e. The number of carbonyl (C=O) groups is 2. The minimum Gasteiger partial charge on any atom is -0.480 e. The Kier molecular flexibility index (Phi) is 5.54. The van der Waals surface area contributed by atoms with Crippen LogP contribution < -0.4 is 10.6 Å². The number of carboxylic acid groups (broad SMARTS) is 1. The van der Waals surface area contributed by atoms with Crippen molar-refractivity contribution in [3.8, 4) is 6.07 Å². The molecule has 1 aromatic carbocycles. The lowest BCUT2D eigenvalue weighted by Crippen LogP contribution is -2.46. The number of rotatable bonds is 5. The van der Waals surface area contributed by atoms with Crippen LogP contribution in [-0.2, 0) is 4.79 Å². The quantitative estimate of drug-likeness (QED) is 0.766. The van der Waals surface area contributed by atoms with Crippen LogP contribution >= 0.6 is 0 Å². The van der Waals surface area contributed by atoms with E-state index in [1.807, 2.05) is 13.0 Å². The summed E-state index contributed by atoms with van der Waals surface area (Å²) < 4.78 is 0. The number of hydrogen-bond donors (Lipinski definition) is 3. The molecule has 1 rings (SSSR count). The van der Waals surface area contributed by atoms with Gasteiger partial charge in [0.15, 0.2) is 0 Å². The molecule has 0 aliphatic rings. The molecule has 6 nitrogen and oxygen atoms in total. The maximum absolute atomic E-state index is 11.8. The summed E-state index contributed by atoms with van der Waals surface area (Å²) in [5.74, 6) is -1.25. The van der Waals surface area contributed by atoms with Crippen molar-refractivity contribution in [3.63, 3.8) is 0 Å². The topological polar surface area (TPSA) is 102 Å². The van der Waals surface area contributed by atoms with E-state index >= 15 is 0 Å². The Morgan fingerprint density at radius 3 is 2.70 bits per heavy atom. The molecule has 2 atom stereocenters. The van der Waals surface area contributed by atoms with Gasteiger partial charge in [-0.05, 0) is 24.1 Å². The Morgan fingerprint density at radius 2 is 2.15 bits per heavy atom. The second-order valence-electron chi connectivity index (χ2n) is 4.49. The van der Waals surface area contributed by atoms with Gasteiger partial charge in [0.05, 0.1) is 11.6 Å². The number of nitrogens with one attached hydrogen (secondary N) is 2. The molecule has 1 aromatic rings. The zero-order valence-electron chi connectivity index (χ0n) is 11.4. The third-order valence-corrected chi connectivity index (χ3v) is 3.02. The summed E-state index contributed by atoms with van der Waals surface area (Å²) in [5.41, 5.74) is 0.856. The van der Waals surface area contributed by atoms with Gasteiger partial charge in [-0.2, -0.15) is 5.26 Å². The van der Waals surface area contributed by atoms with Gasteiger partial charge in [0, 0.05) is 5.69 Å². The molecule has 0 aliphatic carbocycles. The summed E-state index contributed by atoms with van der Waals surface area (Å²) >= 11 is 0. The number of hydrogen-bond acceptors (Lipinski definition) is 3. The predicted octanol–water partition coefficient (Wildman–Crippen LogP) is 2.18. The number of amides is 2. The molecule has 0 spiro atoms. The van der Waals surface area contributed by atoms with Crippen molar-refractivity contribution in [2.75, 3.05) is 5.32 Å². The lowest BCUT2D eigenvalue weighted by Gasteiger charge is -2.20. The van der Waals surface area contributed by atoms with Crippen molar-refractivity contribution in [1.29, 1.82) is 5.26 Å². The third kappa shape index (κ3) is 4.28. The fourth-order valence-corrected chi connectivity index (χ4v) is 1.66. The second kappa shape index (κ2) is 7.14. The molecule has 3 N–H and O–H groups in total. The molecule has 0 saturated carbocycles. The van der Waals surface area contributed by atoms with Gasteiger partial charge in [0.2, 0.25) is 0 Å². The number of aliphatic carboxylic acids is 1. The van der Waals surface area contributed by atoms with E-state index in [4.69, 9.17) is 10.4 Å². The average Bonchev–Trinajstić information content (AvgIpc) is 2.43. The molecule has 0 aliphatic heterocycles. The fraction of sp³-hybridized carbons (Fsp3) is 0.357. The largest absolute Gasteiger partial charge is 0.480 e. The van der Waals surface area contributed by atoms with E-state index in [2.05, 4.69) is 10.6 Å². The number of carbonyl (C=O) groups excluding carboxylic acids is 1. The highest BCUT2D eigenvalue weighted by Crippen LogP contribution is 2.11. The molecular formula is C14H17N3O3. The van der Waals surface area contributed by atoms with Crippen molar-refractivity contribution in [2.45, 2.75) is 26.3 Å². The molecule has 0 bridgehead atoms. The number of benzene rings is 1. The van der Waals surface area contributed by atoms with Gasteiger partial charge in [-0.3, -0.25) is 0 Å². The Labute approximate surface area is 117 Å². The van der Waals surface area contributed by atoms with Crippen molar-refractivity contribution in [1.82, 2.24) is 5.32 Å². The first kappa shape index (κ1) is 15.5. The van der Waals surface area contributed by atoms with Crippen LogP contribution in [0.2, 0.25) is 0 Å². The lowest BCUT2D eigenvalue weighted by atomic mass is 9.99. The Bertz CT molecular complexity index is 537. The Hall–Kier alpha value is -2.55. The van der Waals surface area contributed by atoms with Crippen molar-refractivity contribution in [3.05, 3.63) is 29.8 Å². The predicted molar refractivity (Wildman–Crippen MR) is 74.2 cm³/mol. The molecule has 0 aromatic heterocycles. The normalized spacial score (nSPS) is 12.8. The molecule has 2 amide bonds. The van der Waals surface area contributed by atoms with Crippen LogP contribution in [0.5, 0.6) is 0 Å². The van der Waals surface area contributed by atoms with Crippen LogP contribution in [0.4, 0.5) is 10.5 Å². The van der Waals surface area contributed by atoms with Crippen LogP contribution in [0, 0.1) is 17.2 Å².